The van der Waals surface area contributed by atoms with E-state index in [1.807, 2.05) is 0 Å². The molecule has 0 N–H and O–H groups in total. The molecule has 80 valence electrons. The minimum Gasteiger partial charge on any atom is -0.466 e. The lowest BCUT2D eigenvalue weighted by atomic mass is 10.3. The van der Waals surface area contributed by atoms with Crippen LogP contribution in [0.2, 0.25) is 0 Å². The molecular formula is C10H16O4. The smallest absolute Gasteiger partial charge is 0.333 e. The third-order valence-corrected chi connectivity index (χ3v) is 1.43. The molecule has 0 aromatic carbocycles. The molecule has 0 aliphatic rings. The molecule has 0 saturated heterocycles. The maximum absolute atomic E-state index is 10.9. The van der Waals surface area contributed by atoms with E-state index in [-0.39, 0.29) is 11.9 Å². The van der Waals surface area contributed by atoms with Crippen molar-refractivity contribution in [3.63, 3.8) is 0 Å². The topological polar surface area (TPSA) is 52.6 Å². The first-order chi connectivity index (χ1) is 6.54. The summed E-state index contributed by atoms with van der Waals surface area (Å²) in [6.07, 6.45) is 1.38. The zero-order valence-corrected chi connectivity index (χ0v) is 8.67. The van der Waals surface area contributed by atoms with Crippen LogP contribution in [0.3, 0.4) is 0 Å². The van der Waals surface area contributed by atoms with Gasteiger partial charge in [-0.25, -0.2) is 4.79 Å². The molecule has 0 aromatic heterocycles. The molecule has 0 unspecified atom stereocenters. The third kappa shape index (κ3) is 7.34. The molecule has 4 nitrogen and oxygen atoms in total. The van der Waals surface area contributed by atoms with E-state index in [0.717, 1.165) is 0 Å². The summed E-state index contributed by atoms with van der Waals surface area (Å²) in [5.41, 5.74) is 0.394. The van der Waals surface area contributed by atoms with Crippen LogP contribution in [0.15, 0.2) is 12.2 Å². The van der Waals surface area contributed by atoms with Crippen molar-refractivity contribution in [1.29, 1.82) is 0 Å². The minimum atomic E-state index is -0.377. The summed E-state index contributed by atoms with van der Waals surface area (Å²) >= 11 is 0. The van der Waals surface area contributed by atoms with Crippen molar-refractivity contribution in [2.45, 2.75) is 26.7 Å². The molecule has 0 saturated carbocycles. The number of carbonyl (C=O) groups is 2. The summed E-state index contributed by atoms with van der Waals surface area (Å²) in [6, 6.07) is 0. The van der Waals surface area contributed by atoms with Gasteiger partial charge in [0.05, 0.1) is 13.2 Å². The zero-order valence-electron chi connectivity index (χ0n) is 8.67. The largest absolute Gasteiger partial charge is 0.466 e. The van der Waals surface area contributed by atoms with Gasteiger partial charge in [-0.05, 0) is 19.8 Å². The summed E-state index contributed by atoms with van der Waals surface area (Å²) < 4.78 is 9.53. The number of unbranched alkanes of at least 4 members (excludes halogenated alkanes) is 1. The number of hydrogen-bond donors (Lipinski definition) is 0. The fourth-order valence-corrected chi connectivity index (χ4v) is 0.708. The lowest BCUT2D eigenvalue weighted by molar-refractivity contribution is -0.142. The molecule has 0 fully saturated rings. The van der Waals surface area contributed by atoms with Crippen LogP contribution in [0, 0.1) is 0 Å². The molecule has 0 atom stereocenters. The molecule has 0 aromatic rings. The predicted octanol–water partition coefficient (Wildman–Crippen LogP) is 1.45. The van der Waals surface area contributed by atoms with Gasteiger partial charge in [0.1, 0.15) is 0 Å². The van der Waals surface area contributed by atoms with Gasteiger partial charge in [0, 0.05) is 12.5 Å². The molecule has 0 amide bonds. The Morgan fingerprint density at radius 3 is 2.00 bits per heavy atom. The third-order valence-electron chi connectivity index (χ3n) is 1.43. The summed E-state index contributed by atoms with van der Waals surface area (Å²) in [4.78, 5) is 21.2. The highest BCUT2D eigenvalue weighted by Crippen LogP contribution is 1.96. The van der Waals surface area contributed by atoms with Gasteiger partial charge < -0.3 is 9.47 Å². The first-order valence-electron chi connectivity index (χ1n) is 4.50. The molecule has 0 aliphatic heterocycles. The van der Waals surface area contributed by atoms with E-state index >= 15 is 0 Å². The second-order valence-corrected chi connectivity index (χ2v) is 2.96. The Labute approximate surface area is 83.9 Å². The normalized spacial score (nSPS) is 9.29. The average molecular weight is 200 g/mol. The van der Waals surface area contributed by atoms with Gasteiger partial charge in [0.2, 0.25) is 0 Å². The Kier molecular flexibility index (Phi) is 6.45. The Morgan fingerprint density at radius 2 is 1.57 bits per heavy atom. The molecule has 0 aliphatic carbocycles. The van der Waals surface area contributed by atoms with Crippen LogP contribution in [-0.4, -0.2) is 25.2 Å². The van der Waals surface area contributed by atoms with Gasteiger partial charge in [-0.2, -0.15) is 0 Å². The Balaban J connectivity index is 3.26. The van der Waals surface area contributed by atoms with E-state index in [2.05, 4.69) is 6.58 Å². The highest BCUT2D eigenvalue weighted by atomic mass is 16.5. The van der Waals surface area contributed by atoms with E-state index in [9.17, 15) is 9.59 Å². The summed E-state index contributed by atoms with van der Waals surface area (Å²) in [5.74, 6) is -0.665. The van der Waals surface area contributed by atoms with Crippen LogP contribution in [0.1, 0.15) is 26.7 Å². The molecule has 0 heterocycles. The van der Waals surface area contributed by atoms with E-state index in [1.165, 1.54) is 6.92 Å². The summed E-state index contributed by atoms with van der Waals surface area (Å²) in [6.45, 7) is 7.13. The number of esters is 2. The van der Waals surface area contributed by atoms with Gasteiger partial charge in [0.15, 0.2) is 0 Å². The molecule has 14 heavy (non-hydrogen) atoms. The second kappa shape index (κ2) is 7.12. The van der Waals surface area contributed by atoms with Gasteiger partial charge >= 0.3 is 11.9 Å². The van der Waals surface area contributed by atoms with Crippen LogP contribution in [0.5, 0.6) is 0 Å². The van der Waals surface area contributed by atoms with E-state index in [0.29, 0.717) is 31.6 Å². The Morgan fingerprint density at radius 1 is 1.07 bits per heavy atom. The summed E-state index contributed by atoms with van der Waals surface area (Å²) in [5, 5.41) is 0. The molecule has 0 spiro atoms. The zero-order chi connectivity index (χ0) is 11.0. The standard InChI is InChI=1S/C10H16O4/c1-8(2)10(12)14-7-5-4-6-13-9(3)11/h1,4-7H2,2-3H3. The molecule has 0 rings (SSSR count). The molecular weight excluding hydrogens is 184 g/mol. The number of rotatable bonds is 6. The van der Waals surface area contributed by atoms with Gasteiger partial charge in [-0.15, -0.1) is 0 Å². The average Bonchev–Trinajstić information content (AvgIpc) is 2.09. The minimum absolute atomic E-state index is 0.288. The van der Waals surface area contributed by atoms with Crippen LogP contribution in [-0.2, 0) is 19.1 Å². The van der Waals surface area contributed by atoms with Crippen molar-refractivity contribution in [3.8, 4) is 0 Å². The molecule has 0 radical (unpaired) electrons. The summed E-state index contributed by atoms with van der Waals surface area (Å²) in [7, 11) is 0. The SMILES string of the molecule is C=C(C)C(=O)OCCCCOC(C)=O. The van der Waals surface area contributed by atoms with Crippen molar-refractivity contribution in [1.82, 2.24) is 0 Å². The maximum atomic E-state index is 10.9. The number of ether oxygens (including phenoxy) is 2. The number of carbonyl (C=O) groups excluding carboxylic acids is 2. The van der Waals surface area contributed by atoms with E-state index < -0.39 is 0 Å². The maximum Gasteiger partial charge on any atom is 0.333 e. The van der Waals surface area contributed by atoms with Gasteiger partial charge in [-0.1, -0.05) is 6.58 Å². The van der Waals surface area contributed by atoms with Gasteiger partial charge in [-0.3, -0.25) is 4.79 Å². The van der Waals surface area contributed by atoms with Crippen LogP contribution in [0.4, 0.5) is 0 Å². The first-order valence-corrected chi connectivity index (χ1v) is 4.50. The second-order valence-electron chi connectivity index (χ2n) is 2.96. The quantitative estimate of drug-likeness (QED) is 0.370. The van der Waals surface area contributed by atoms with E-state index in [1.54, 1.807) is 6.92 Å². The van der Waals surface area contributed by atoms with Crippen LogP contribution >= 0.6 is 0 Å². The molecule has 0 bridgehead atoms. The number of hydrogen-bond acceptors (Lipinski definition) is 4. The highest BCUT2D eigenvalue weighted by Gasteiger charge is 2.01. The molecule has 4 heteroatoms. The lowest BCUT2D eigenvalue weighted by Crippen LogP contribution is -2.07. The van der Waals surface area contributed by atoms with Crippen molar-refractivity contribution >= 4 is 11.9 Å². The lowest BCUT2D eigenvalue weighted by Gasteiger charge is -2.04. The van der Waals surface area contributed by atoms with Crippen molar-refractivity contribution in [2.24, 2.45) is 0 Å². The van der Waals surface area contributed by atoms with Crippen molar-refractivity contribution in [2.75, 3.05) is 13.2 Å². The van der Waals surface area contributed by atoms with Crippen molar-refractivity contribution < 1.29 is 19.1 Å². The fraction of sp³-hybridized carbons (Fsp3) is 0.600. The van der Waals surface area contributed by atoms with Gasteiger partial charge in [0.25, 0.3) is 0 Å². The fourth-order valence-electron chi connectivity index (χ4n) is 0.708. The predicted molar refractivity (Wildman–Crippen MR) is 51.6 cm³/mol. The Hall–Kier alpha value is -1.32. The highest BCUT2D eigenvalue weighted by molar-refractivity contribution is 5.86. The monoisotopic (exact) mass is 200 g/mol. The van der Waals surface area contributed by atoms with Crippen LogP contribution in [0.25, 0.3) is 0 Å². The Bertz CT molecular complexity index is 220. The van der Waals surface area contributed by atoms with Crippen LogP contribution < -0.4 is 0 Å². The first kappa shape index (κ1) is 12.7. The van der Waals surface area contributed by atoms with Crippen molar-refractivity contribution in [3.05, 3.63) is 12.2 Å². The van der Waals surface area contributed by atoms with E-state index in [4.69, 9.17) is 9.47 Å².